The molecule has 2 aromatic heterocycles. The van der Waals surface area contributed by atoms with Gasteiger partial charge in [-0.2, -0.15) is 5.10 Å². The standard InChI is InChI=1S/C13H21N5/c1-4-18-9-11(6-16-18)12-7-15-13(17-12)8-14-5-10(2)3/h6-7,9-10,14H,4-5,8H2,1-3H3,(H,15,17). The Hall–Kier alpha value is -1.62. The van der Waals surface area contributed by atoms with Gasteiger partial charge in [0.25, 0.3) is 0 Å². The van der Waals surface area contributed by atoms with E-state index in [1.165, 1.54) is 0 Å². The van der Waals surface area contributed by atoms with E-state index < -0.39 is 0 Å². The second-order valence-electron chi connectivity index (χ2n) is 4.85. The van der Waals surface area contributed by atoms with Crippen molar-refractivity contribution in [3.05, 3.63) is 24.4 Å². The van der Waals surface area contributed by atoms with Gasteiger partial charge in [0.15, 0.2) is 0 Å². The maximum atomic E-state index is 4.37. The van der Waals surface area contributed by atoms with Crippen molar-refractivity contribution in [2.45, 2.75) is 33.9 Å². The molecule has 98 valence electrons. The van der Waals surface area contributed by atoms with E-state index >= 15 is 0 Å². The van der Waals surface area contributed by atoms with Crippen molar-refractivity contribution in [1.29, 1.82) is 0 Å². The lowest BCUT2D eigenvalue weighted by atomic mass is 10.2. The van der Waals surface area contributed by atoms with Crippen LogP contribution in [0, 0.1) is 5.92 Å². The molecule has 18 heavy (non-hydrogen) atoms. The Balaban J connectivity index is 1.97. The highest BCUT2D eigenvalue weighted by Crippen LogP contribution is 2.15. The molecule has 5 nitrogen and oxygen atoms in total. The summed E-state index contributed by atoms with van der Waals surface area (Å²) in [5, 5.41) is 7.63. The maximum absolute atomic E-state index is 4.37. The van der Waals surface area contributed by atoms with Gasteiger partial charge in [-0.1, -0.05) is 13.8 Å². The third-order valence-corrected chi connectivity index (χ3v) is 2.74. The Morgan fingerprint density at radius 1 is 1.39 bits per heavy atom. The summed E-state index contributed by atoms with van der Waals surface area (Å²) in [6.07, 6.45) is 5.75. The van der Waals surface area contributed by atoms with E-state index in [1.807, 2.05) is 23.3 Å². The van der Waals surface area contributed by atoms with Crippen LogP contribution in [0.3, 0.4) is 0 Å². The molecule has 0 saturated heterocycles. The van der Waals surface area contributed by atoms with Gasteiger partial charge in [-0.3, -0.25) is 4.68 Å². The highest BCUT2D eigenvalue weighted by molar-refractivity contribution is 5.55. The second kappa shape index (κ2) is 5.82. The number of aromatic amines is 1. The zero-order chi connectivity index (χ0) is 13.0. The summed E-state index contributed by atoms with van der Waals surface area (Å²) in [4.78, 5) is 7.68. The number of aromatic nitrogens is 4. The molecule has 2 N–H and O–H groups in total. The second-order valence-corrected chi connectivity index (χ2v) is 4.85. The Morgan fingerprint density at radius 2 is 2.22 bits per heavy atom. The van der Waals surface area contributed by atoms with Crippen molar-refractivity contribution >= 4 is 0 Å². The Bertz CT molecular complexity index is 483. The molecule has 0 amide bonds. The Morgan fingerprint density at radius 3 is 2.89 bits per heavy atom. The molecule has 2 aromatic rings. The quantitative estimate of drug-likeness (QED) is 0.821. The van der Waals surface area contributed by atoms with Crippen LogP contribution in [0.4, 0.5) is 0 Å². The molecule has 0 atom stereocenters. The van der Waals surface area contributed by atoms with Crippen molar-refractivity contribution in [2.75, 3.05) is 6.54 Å². The molecule has 0 saturated carbocycles. The fraction of sp³-hybridized carbons (Fsp3) is 0.538. The number of imidazole rings is 1. The van der Waals surface area contributed by atoms with Crippen LogP contribution in [0.2, 0.25) is 0 Å². The molecule has 0 bridgehead atoms. The van der Waals surface area contributed by atoms with Gasteiger partial charge in [0.2, 0.25) is 0 Å². The number of nitrogens with zero attached hydrogens (tertiary/aromatic N) is 3. The Kier molecular flexibility index (Phi) is 4.15. The molecule has 5 heteroatoms. The summed E-state index contributed by atoms with van der Waals surface area (Å²) in [5.41, 5.74) is 2.11. The first-order valence-electron chi connectivity index (χ1n) is 6.46. The summed E-state index contributed by atoms with van der Waals surface area (Å²) in [5.74, 6) is 1.62. The highest BCUT2D eigenvalue weighted by Gasteiger charge is 2.05. The van der Waals surface area contributed by atoms with E-state index in [4.69, 9.17) is 0 Å². The molecule has 0 fully saturated rings. The topological polar surface area (TPSA) is 58.5 Å². The van der Waals surface area contributed by atoms with Crippen LogP contribution in [0.25, 0.3) is 11.3 Å². The molecule has 2 rings (SSSR count). The summed E-state index contributed by atoms with van der Waals surface area (Å²) in [6, 6.07) is 0. The smallest absolute Gasteiger partial charge is 0.120 e. The van der Waals surface area contributed by atoms with Gasteiger partial charge >= 0.3 is 0 Å². The van der Waals surface area contributed by atoms with Crippen molar-refractivity contribution in [3.63, 3.8) is 0 Å². The molecule has 0 radical (unpaired) electrons. The van der Waals surface area contributed by atoms with Crippen LogP contribution in [-0.4, -0.2) is 26.3 Å². The average Bonchev–Trinajstić information content (AvgIpc) is 2.95. The molecule has 2 heterocycles. The maximum Gasteiger partial charge on any atom is 0.120 e. The molecule has 0 aliphatic carbocycles. The van der Waals surface area contributed by atoms with Crippen molar-refractivity contribution < 1.29 is 0 Å². The van der Waals surface area contributed by atoms with Gasteiger partial charge in [0, 0.05) is 18.3 Å². The summed E-state index contributed by atoms with van der Waals surface area (Å²) >= 11 is 0. The molecule has 0 aromatic carbocycles. The van der Waals surface area contributed by atoms with Gasteiger partial charge < -0.3 is 10.3 Å². The lowest BCUT2D eigenvalue weighted by Crippen LogP contribution is -2.19. The molecule has 0 aliphatic rings. The zero-order valence-electron chi connectivity index (χ0n) is 11.3. The van der Waals surface area contributed by atoms with Gasteiger partial charge in [-0.15, -0.1) is 0 Å². The minimum absolute atomic E-state index is 0.655. The molecule has 0 unspecified atom stereocenters. The van der Waals surface area contributed by atoms with Crippen LogP contribution in [0.15, 0.2) is 18.6 Å². The summed E-state index contributed by atoms with van der Waals surface area (Å²) in [7, 11) is 0. The molecule has 0 aliphatic heterocycles. The summed E-state index contributed by atoms with van der Waals surface area (Å²) in [6.45, 7) is 9.13. The predicted octanol–water partition coefficient (Wildman–Crippen LogP) is 2.04. The first kappa shape index (κ1) is 12.8. The SMILES string of the molecule is CCn1cc(-c2cnc(CNCC(C)C)[nH]2)cn1. The van der Waals surface area contributed by atoms with E-state index in [1.54, 1.807) is 0 Å². The number of H-pyrrole nitrogens is 1. The first-order chi connectivity index (χ1) is 8.69. The van der Waals surface area contributed by atoms with E-state index in [0.29, 0.717) is 5.92 Å². The van der Waals surface area contributed by atoms with Gasteiger partial charge in [0.1, 0.15) is 5.82 Å². The van der Waals surface area contributed by atoms with Crippen molar-refractivity contribution in [1.82, 2.24) is 25.1 Å². The van der Waals surface area contributed by atoms with Crippen LogP contribution < -0.4 is 5.32 Å². The van der Waals surface area contributed by atoms with Crippen LogP contribution in [-0.2, 0) is 13.1 Å². The number of hydrogen-bond acceptors (Lipinski definition) is 3. The average molecular weight is 247 g/mol. The Labute approximate surface area is 108 Å². The van der Waals surface area contributed by atoms with Crippen LogP contribution >= 0.6 is 0 Å². The largest absolute Gasteiger partial charge is 0.341 e. The van der Waals surface area contributed by atoms with Gasteiger partial charge in [-0.05, 0) is 19.4 Å². The normalized spacial score (nSPS) is 11.3. The van der Waals surface area contributed by atoms with Crippen LogP contribution in [0.5, 0.6) is 0 Å². The van der Waals surface area contributed by atoms with E-state index in [0.717, 1.165) is 36.7 Å². The molecular formula is C13H21N5. The minimum Gasteiger partial charge on any atom is -0.341 e. The lowest BCUT2D eigenvalue weighted by molar-refractivity contribution is 0.545. The predicted molar refractivity (Wildman–Crippen MR) is 72.0 cm³/mol. The number of hydrogen-bond donors (Lipinski definition) is 2. The van der Waals surface area contributed by atoms with Gasteiger partial charge in [-0.25, -0.2) is 4.98 Å². The fourth-order valence-corrected chi connectivity index (χ4v) is 1.75. The first-order valence-corrected chi connectivity index (χ1v) is 6.46. The fourth-order valence-electron chi connectivity index (χ4n) is 1.75. The third kappa shape index (κ3) is 3.20. The number of rotatable bonds is 6. The zero-order valence-corrected chi connectivity index (χ0v) is 11.3. The third-order valence-electron chi connectivity index (χ3n) is 2.74. The van der Waals surface area contributed by atoms with Gasteiger partial charge in [0.05, 0.1) is 24.6 Å². The molecular weight excluding hydrogens is 226 g/mol. The number of nitrogens with one attached hydrogen (secondary N) is 2. The van der Waals surface area contributed by atoms with E-state index in [9.17, 15) is 0 Å². The highest BCUT2D eigenvalue weighted by atomic mass is 15.3. The monoisotopic (exact) mass is 247 g/mol. The van der Waals surface area contributed by atoms with Crippen molar-refractivity contribution in [3.8, 4) is 11.3 Å². The minimum atomic E-state index is 0.655. The van der Waals surface area contributed by atoms with Crippen LogP contribution in [0.1, 0.15) is 26.6 Å². The number of aryl methyl sites for hydroxylation is 1. The summed E-state index contributed by atoms with van der Waals surface area (Å²) < 4.78 is 1.91. The van der Waals surface area contributed by atoms with Crippen molar-refractivity contribution in [2.24, 2.45) is 5.92 Å². The lowest BCUT2D eigenvalue weighted by Gasteiger charge is -2.04. The van der Waals surface area contributed by atoms with E-state index in [-0.39, 0.29) is 0 Å². The molecule has 0 spiro atoms. The van der Waals surface area contributed by atoms with E-state index in [2.05, 4.69) is 41.2 Å².